The predicted octanol–water partition coefficient (Wildman–Crippen LogP) is 0.836. The first kappa shape index (κ1) is 9.98. The third-order valence-electron chi connectivity index (χ3n) is 2.60. The lowest BCUT2D eigenvalue weighted by molar-refractivity contribution is -0.134. The molecule has 0 aromatic heterocycles. The lowest BCUT2D eigenvalue weighted by Crippen LogP contribution is -2.39. The Kier molecular flexibility index (Phi) is 2.60. The molecular formula is C11H14N2O2. The Balaban J connectivity index is 2.27. The molecule has 1 amide bonds. The van der Waals surface area contributed by atoms with Crippen molar-refractivity contribution in [2.45, 2.75) is 6.92 Å². The topological polar surface area (TPSA) is 43.8 Å². The summed E-state index contributed by atoms with van der Waals surface area (Å²) in [5.41, 5.74) is 0.934. The Bertz CT molecular complexity index is 353. The standard InChI is InChI=1S/C11H14N2O2/c1-9-7-12(13(8-14)11(9)15)10-5-3-2-4-6-10/h2-6,9,14H,7-8H2,1H3. The molecule has 0 bridgehead atoms. The molecule has 1 aromatic rings. The van der Waals surface area contributed by atoms with E-state index >= 15 is 0 Å². The lowest BCUT2D eigenvalue weighted by Gasteiger charge is -2.27. The van der Waals surface area contributed by atoms with E-state index in [0.29, 0.717) is 6.54 Å². The van der Waals surface area contributed by atoms with E-state index < -0.39 is 0 Å². The molecule has 80 valence electrons. The number of rotatable bonds is 2. The minimum Gasteiger partial charge on any atom is -0.374 e. The van der Waals surface area contributed by atoms with Crippen molar-refractivity contribution < 1.29 is 9.90 Å². The van der Waals surface area contributed by atoms with Gasteiger partial charge in [0.15, 0.2) is 0 Å². The molecule has 0 radical (unpaired) electrons. The number of amides is 1. The van der Waals surface area contributed by atoms with Crippen LogP contribution in [0.2, 0.25) is 0 Å². The number of carbonyl (C=O) groups is 1. The monoisotopic (exact) mass is 206 g/mol. The van der Waals surface area contributed by atoms with Crippen LogP contribution >= 0.6 is 0 Å². The van der Waals surface area contributed by atoms with Crippen molar-refractivity contribution in [2.24, 2.45) is 5.92 Å². The Hall–Kier alpha value is -1.55. The van der Waals surface area contributed by atoms with E-state index in [-0.39, 0.29) is 18.6 Å². The van der Waals surface area contributed by atoms with E-state index in [9.17, 15) is 4.79 Å². The molecule has 2 rings (SSSR count). The number of nitrogens with zero attached hydrogens (tertiary/aromatic N) is 2. The second-order valence-electron chi connectivity index (χ2n) is 3.70. The molecule has 1 N–H and O–H groups in total. The van der Waals surface area contributed by atoms with E-state index in [2.05, 4.69) is 0 Å². The number of hydrogen-bond donors (Lipinski definition) is 1. The molecule has 1 aromatic carbocycles. The van der Waals surface area contributed by atoms with Crippen LogP contribution < -0.4 is 5.01 Å². The maximum atomic E-state index is 11.6. The van der Waals surface area contributed by atoms with E-state index in [4.69, 9.17) is 5.11 Å². The second-order valence-corrected chi connectivity index (χ2v) is 3.70. The summed E-state index contributed by atoms with van der Waals surface area (Å²) in [5, 5.41) is 12.3. The summed E-state index contributed by atoms with van der Waals surface area (Å²) in [4.78, 5) is 11.6. The molecule has 4 nitrogen and oxygen atoms in total. The Morgan fingerprint density at radius 1 is 1.40 bits per heavy atom. The third-order valence-corrected chi connectivity index (χ3v) is 2.60. The molecular weight excluding hydrogens is 192 g/mol. The summed E-state index contributed by atoms with van der Waals surface area (Å²) in [6.45, 7) is 2.23. The maximum Gasteiger partial charge on any atom is 0.247 e. The summed E-state index contributed by atoms with van der Waals surface area (Å²) >= 11 is 0. The van der Waals surface area contributed by atoms with Gasteiger partial charge in [0.05, 0.1) is 18.2 Å². The zero-order valence-corrected chi connectivity index (χ0v) is 8.63. The van der Waals surface area contributed by atoms with Gasteiger partial charge in [0.25, 0.3) is 0 Å². The summed E-state index contributed by atoms with van der Waals surface area (Å²) < 4.78 is 0. The number of carbonyl (C=O) groups excluding carboxylic acids is 1. The van der Waals surface area contributed by atoms with Crippen LogP contribution in [0.25, 0.3) is 0 Å². The molecule has 1 heterocycles. The van der Waals surface area contributed by atoms with Gasteiger partial charge in [-0.15, -0.1) is 0 Å². The van der Waals surface area contributed by atoms with Gasteiger partial charge in [-0.2, -0.15) is 0 Å². The van der Waals surface area contributed by atoms with Gasteiger partial charge in [-0.05, 0) is 12.1 Å². The Morgan fingerprint density at radius 3 is 2.67 bits per heavy atom. The van der Waals surface area contributed by atoms with E-state index in [0.717, 1.165) is 5.69 Å². The average molecular weight is 206 g/mol. The van der Waals surface area contributed by atoms with Crippen LogP contribution in [-0.2, 0) is 4.79 Å². The second kappa shape index (κ2) is 3.90. The minimum atomic E-state index is -0.266. The fourth-order valence-corrected chi connectivity index (χ4v) is 1.80. The molecule has 1 saturated heterocycles. The highest BCUT2D eigenvalue weighted by atomic mass is 16.3. The van der Waals surface area contributed by atoms with Crippen molar-refractivity contribution in [2.75, 3.05) is 18.3 Å². The van der Waals surface area contributed by atoms with Gasteiger partial charge in [0, 0.05) is 0 Å². The van der Waals surface area contributed by atoms with Gasteiger partial charge in [-0.3, -0.25) is 9.80 Å². The molecule has 1 aliphatic rings. The lowest BCUT2D eigenvalue weighted by atomic mass is 10.2. The average Bonchev–Trinajstić information content (AvgIpc) is 2.56. The fraction of sp³-hybridized carbons (Fsp3) is 0.364. The number of hydrazine groups is 1. The zero-order chi connectivity index (χ0) is 10.8. The highest BCUT2D eigenvalue weighted by Gasteiger charge is 2.34. The highest BCUT2D eigenvalue weighted by molar-refractivity contribution is 5.83. The zero-order valence-electron chi connectivity index (χ0n) is 8.63. The molecule has 1 unspecified atom stereocenters. The normalized spacial score (nSPS) is 21.2. The van der Waals surface area contributed by atoms with E-state index in [1.165, 1.54) is 5.01 Å². The van der Waals surface area contributed by atoms with Crippen molar-refractivity contribution in [3.8, 4) is 0 Å². The molecule has 0 saturated carbocycles. The SMILES string of the molecule is CC1CN(c2ccccc2)N(CO)C1=O. The molecule has 1 aliphatic heterocycles. The van der Waals surface area contributed by atoms with Crippen LogP contribution in [0.3, 0.4) is 0 Å². The first-order valence-corrected chi connectivity index (χ1v) is 4.98. The van der Waals surface area contributed by atoms with Crippen LogP contribution in [0.4, 0.5) is 5.69 Å². The quantitative estimate of drug-likeness (QED) is 0.779. The third kappa shape index (κ3) is 1.68. The predicted molar refractivity (Wildman–Crippen MR) is 56.9 cm³/mol. The van der Waals surface area contributed by atoms with Crippen molar-refractivity contribution >= 4 is 11.6 Å². The van der Waals surface area contributed by atoms with Gasteiger partial charge in [-0.25, -0.2) is 5.01 Å². The first-order chi connectivity index (χ1) is 7.24. The van der Waals surface area contributed by atoms with Crippen LogP contribution in [0.5, 0.6) is 0 Å². The number of hydrogen-bond acceptors (Lipinski definition) is 3. The Labute approximate surface area is 88.7 Å². The van der Waals surface area contributed by atoms with Gasteiger partial charge in [0.2, 0.25) is 5.91 Å². The number of aliphatic hydroxyl groups is 1. The van der Waals surface area contributed by atoms with Crippen molar-refractivity contribution in [3.63, 3.8) is 0 Å². The van der Waals surface area contributed by atoms with Gasteiger partial charge in [0.1, 0.15) is 6.73 Å². The van der Waals surface area contributed by atoms with Gasteiger partial charge < -0.3 is 5.11 Å². The van der Waals surface area contributed by atoms with Crippen molar-refractivity contribution in [1.82, 2.24) is 5.01 Å². The van der Waals surface area contributed by atoms with Crippen molar-refractivity contribution in [1.29, 1.82) is 0 Å². The van der Waals surface area contributed by atoms with Crippen molar-refractivity contribution in [3.05, 3.63) is 30.3 Å². The maximum absolute atomic E-state index is 11.6. The van der Waals surface area contributed by atoms with Gasteiger partial charge in [-0.1, -0.05) is 25.1 Å². The van der Waals surface area contributed by atoms with Crippen LogP contribution in [0.1, 0.15) is 6.92 Å². The van der Waals surface area contributed by atoms with Crippen LogP contribution in [0, 0.1) is 5.92 Å². The first-order valence-electron chi connectivity index (χ1n) is 4.98. The smallest absolute Gasteiger partial charge is 0.247 e. The Morgan fingerprint density at radius 2 is 2.07 bits per heavy atom. The summed E-state index contributed by atoms with van der Waals surface area (Å²) in [6, 6.07) is 9.60. The van der Waals surface area contributed by atoms with Gasteiger partial charge >= 0.3 is 0 Å². The molecule has 0 aliphatic carbocycles. The number of aliphatic hydroxyl groups excluding tert-OH is 1. The summed E-state index contributed by atoms with van der Waals surface area (Å²) in [7, 11) is 0. The molecule has 4 heteroatoms. The largest absolute Gasteiger partial charge is 0.374 e. The molecule has 1 fully saturated rings. The van der Waals surface area contributed by atoms with E-state index in [1.807, 2.05) is 42.3 Å². The number of benzene rings is 1. The number of para-hydroxylation sites is 1. The van der Waals surface area contributed by atoms with Crippen LogP contribution in [-0.4, -0.2) is 29.3 Å². The summed E-state index contributed by atoms with van der Waals surface area (Å²) in [6.07, 6.45) is 0. The van der Waals surface area contributed by atoms with E-state index in [1.54, 1.807) is 0 Å². The number of anilines is 1. The fourth-order valence-electron chi connectivity index (χ4n) is 1.80. The minimum absolute atomic E-state index is 0.0265. The molecule has 0 spiro atoms. The van der Waals surface area contributed by atoms with Crippen LogP contribution in [0.15, 0.2) is 30.3 Å². The molecule has 15 heavy (non-hydrogen) atoms. The molecule has 1 atom stereocenters. The highest BCUT2D eigenvalue weighted by Crippen LogP contribution is 2.24. The summed E-state index contributed by atoms with van der Waals surface area (Å²) in [5.74, 6) is -0.0845.